The molecule has 7 nitrogen and oxygen atoms in total. The van der Waals surface area contributed by atoms with E-state index in [0.717, 1.165) is 0 Å². The molecule has 0 aliphatic carbocycles. The largest absolute Gasteiger partial charge is 0.491 e. The van der Waals surface area contributed by atoms with Crippen LogP contribution < -0.4 is 20.3 Å². The zero-order valence-electron chi connectivity index (χ0n) is 15.8. The number of carbonyl (C=O) groups is 2. The molecule has 0 fully saturated rings. The summed E-state index contributed by atoms with van der Waals surface area (Å²) in [7, 11) is 0. The van der Waals surface area contributed by atoms with Crippen LogP contribution in [0.3, 0.4) is 0 Å². The minimum atomic E-state index is -0.431. The summed E-state index contributed by atoms with van der Waals surface area (Å²) in [4.78, 5) is 24.3. The van der Waals surface area contributed by atoms with Crippen LogP contribution in [0.1, 0.15) is 27.6 Å². The van der Waals surface area contributed by atoms with Gasteiger partial charge in [0.2, 0.25) is 0 Å². The van der Waals surface area contributed by atoms with Crippen LogP contribution in [0.25, 0.3) is 0 Å². The van der Waals surface area contributed by atoms with Crippen LogP contribution in [0.15, 0.2) is 61.2 Å². The van der Waals surface area contributed by atoms with E-state index in [1.807, 2.05) is 6.92 Å². The van der Waals surface area contributed by atoms with Gasteiger partial charge < -0.3 is 14.2 Å². The lowest BCUT2D eigenvalue weighted by Crippen LogP contribution is -2.41. The standard InChI is InChI=1S/C21H24N2O5/c1-3-13-27-18-9-5-16(6-10-18)20(24)22-23-21(25)17-7-11-19(12-8-17)28-15-14-26-4-2/h3,5-12H,1,4,13-15H2,2H3,(H,22,24)(H,23,25). The normalized spacial score (nSPS) is 10.0. The van der Waals surface area contributed by atoms with Gasteiger partial charge in [-0.15, -0.1) is 0 Å². The lowest BCUT2D eigenvalue weighted by Gasteiger charge is -2.09. The summed E-state index contributed by atoms with van der Waals surface area (Å²) >= 11 is 0. The number of hydrogen-bond donors (Lipinski definition) is 2. The first-order valence-electron chi connectivity index (χ1n) is 8.89. The minimum absolute atomic E-state index is 0.387. The third-order valence-corrected chi connectivity index (χ3v) is 3.59. The Bertz CT molecular complexity index is 772. The summed E-state index contributed by atoms with van der Waals surface area (Å²) in [6.45, 7) is 7.46. The molecule has 2 aromatic carbocycles. The lowest BCUT2D eigenvalue weighted by atomic mass is 10.2. The van der Waals surface area contributed by atoms with E-state index in [4.69, 9.17) is 14.2 Å². The van der Waals surface area contributed by atoms with Gasteiger partial charge in [0.15, 0.2) is 0 Å². The molecule has 28 heavy (non-hydrogen) atoms. The van der Waals surface area contributed by atoms with E-state index >= 15 is 0 Å². The Balaban J connectivity index is 1.80. The smallest absolute Gasteiger partial charge is 0.269 e. The van der Waals surface area contributed by atoms with Gasteiger partial charge >= 0.3 is 0 Å². The highest BCUT2D eigenvalue weighted by Gasteiger charge is 2.09. The van der Waals surface area contributed by atoms with Gasteiger partial charge in [-0.3, -0.25) is 20.4 Å². The molecule has 2 aromatic rings. The molecular weight excluding hydrogens is 360 g/mol. The van der Waals surface area contributed by atoms with Crippen molar-refractivity contribution in [2.45, 2.75) is 6.92 Å². The van der Waals surface area contributed by atoms with Crippen LogP contribution in [-0.4, -0.2) is 38.2 Å². The molecule has 0 heterocycles. The van der Waals surface area contributed by atoms with Crippen LogP contribution in [0.5, 0.6) is 11.5 Å². The molecule has 0 aromatic heterocycles. The number of benzene rings is 2. The zero-order chi connectivity index (χ0) is 20.2. The Hall–Kier alpha value is -3.32. The Labute approximate surface area is 164 Å². The summed E-state index contributed by atoms with van der Waals surface area (Å²) in [5.41, 5.74) is 5.55. The maximum absolute atomic E-state index is 12.1. The predicted molar refractivity (Wildman–Crippen MR) is 105 cm³/mol. The molecule has 2 amide bonds. The van der Waals surface area contributed by atoms with Gasteiger partial charge in [0.25, 0.3) is 11.8 Å². The summed E-state index contributed by atoms with van der Waals surface area (Å²) in [6.07, 6.45) is 1.63. The number of hydrogen-bond acceptors (Lipinski definition) is 5. The van der Waals surface area contributed by atoms with Gasteiger partial charge in [0.1, 0.15) is 24.7 Å². The maximum atomic E-state index is 12.1. The van der Waals surface area contributed by atoms with E-state index in [1.165, 1.54) is 0 Å². The Morgan fingerprint density at radius 2 is 1.36 bits per heavy atom. The number of rotatable bonds is 10. The van der Waals surface area contributed by atoms with Crippen LogP contribution in [0.2, 0.25) is 0 Å². The van der Waals surface area contributed by atoms with Gasteiger partial charge in [0.05, 0.1) is 6.61 Å². The third kappa shape index (κ3) is 6.77. The van der Waals surface area contributed by atoms with Crippen molar-refractivity contribution in [3.63, 3.8) is 0 Å². The van der Waals surface area contributed by atoms with Gasteiger partial charge in [0, 0.05) is 17.7 Å². The molecular formula is C21H24N2O5. The molecule has 0 atom stereocenters. The average molecular weight is 384 g/mol. The molecule has 2 rings (SSSR count). The first-order chi connectivity index (χ1) is 13.6. The van der Waals surface area contributed by atoms with Crippen LogP contribution in [0.4, 0.5) is 0 Å². The number of carbonyl (C=O) groups excluding carboxylic acids is 2. The first-order valence-corrected chi connectivity index (χ1v) is 8.89. The van der Waals surface area contributed by atoms with E-state index in [9.17, 15) is 9.59 Å². The van der Waals surface area contributed by atoms with Crippen LogP contribution in [-0.2, 0) is 4.74 Å². The van der Waals surface area contributed by atoms with E-state index < -0.39 is 11.8 Å². The summed E-state index contributed by atoms with van der Waals surface area (Å²) in [5.74, 6) is 0.405. The molecule has 0 unspecified atom stereocenters. The number of amides is 2. The highest BCUT2D eigenvalue weighted by atomic mass is 16.5. The molecule has 0 radical (unpaired) electrons. The van der Waals surface area contributed by atoms with Crippen molar-refractivity contribution in [1.82, 2.24) is 10.9 Å². The van der Waals surface area contributed by atoms with Crippen molar-refractivity contribution in [2.24, 2.45) is 0 Å². The fourth-order valence-corrected chi connectivity index (χ4v) is 2.18. The maximum Gasteiger partial charge on any atom is 0.269 e. The van der Waals surface area contributed by atoms with Crippen molar-refractivity contribution in [3.05, 3.63) is 72.3 Å². The predicted octanol–water partition coefficient (Wildman–Crippen LogP) is 2.74. The second-order valence-electron chi connectivity index (χ2n) is 5.60. The van der Waals surface area contributed by atoms with Crippen LogP contribution >= 0.6 is 0 Å². The molecule has 0 bridgehead atoms. The summed E-state index contributed by atoms with van der Waals surface area (Å²) < 4.78 is 16.0. The lowest BCUT2D eigenvalue weighted by molar-refractivity contribution is 0.0846. The zero-order valence-corrected chi connectivity index (χ0v) is 15.8. The Kier molecular flexibility index (Phi) is 8.55. The molecule has 7 heteroatoms. The second kappa shape index (κ2) is 11.4. The van der Waals surface area contributed by atoms with E-state index in [0.29, 0.717) is 49.1 Å². The molecule has 2 N–H and O–H groups in total. The van der Waals surface area contributed by atoms with E-state index in [-0.39, 0.29) is 0 Å². The van der Waals surface area contributed by atoms with Crippen molar-refractivity contribution >= 4 is 11.8 Å². The first kappa shape index (κ1) is 21.0. The Morgan fingerprint density at radius 1 is 0.857 bits per heavy atom. The van der Waals surface area contributed by atoms with Crippen molar-refractivity contribution in [1.29, 1.82) is 0 Å². The molecule has 0 aliphatic heterocycles. The van der Waals surface area contributed by atoms with Crippen molar-refractivity contribution < 1.29 is 23.8 Å². The molecule has 148 valence electrons. The highest BCUT2D eigenvalue weighted by Crippen LogP contribution is 2.13. The Morgan fingerprint density at radius 3 is 1.82 bits per heavy atom. The fourth-order valence-electron chi connectivity index (χ4n) is 2.18. The monoisotopic (exact) mass is 384 g/mol. The van der Waals surface area contributed by atoms with E-state index in [2.05, 4.69) is 17.4 Å². The summed E-state index contributed by atoms with van der Waals surface area (Å²) in [5, 5.41) is 0. The minimum Gasteiger partial charge on any atom is -0.491 e. The number of ether oxygens (including phenoxy) is 3. The van der Waals surface area contributed by atoms with Gasteiger partial charge in [-0.25, -0.2) is 0 Å². The highest BCUT2D eigenvalue weighted by molar-refractivity contribution is 5.99. The van der Waals surface area contributed by atoms with Crippen molar-refractivity contribution in [2.75, 3.05) is 26.4 Å². The summed E-state index contributed by atoms with van der Waals surface area (Å²) in [6, 6.07) is 13.2. The van der Waals surface area contributed by atoms with E-state index in [1.54, 1.807) is 54.6 Å². The molecule has 0 saturated heterocycles. The molecule has 0 aliphatic rings. The number of hydrazine groups is 1. The molecule has 0 spiro atoms. The number of nitrogens with one attached hydrogen (secondary N) is 2. The third-order valence-electron chi connectivity index (χ3n) is 3.59. The quantitative estimate of drug-likeness (QED) is 0.374. The van der Waals surface area contributed by atoms with Gasteiger partial charge in [-0.05, 0) is 55.5 Å². The SMILES string of the molecule is C=CCOc1ccc(C(=O)NNC(=O)c2ccc(OCCOCC)cc2)cc1. The van der Waals surface area contributed by atoms with Gasteiger partial charge in [-0.1, -0.05) is 12.7 Å². The fraction of sp³-hybridized carbons (Fsp3) is 0.238. The van der Waals surface area contributed by atoms with Crippen LogP contribution in [0, 0.1) is 0 Å². The van der Waals surface area contributed by atoms with Gasteiger partial charge in [-0.2, -0.15) is 0 Å². The topological polar surface area (TPSA) is 85.9 Å². The second-order valence-corrected chi connectivity index (χ2v) is 5.60. The average Bonchev–Trinajstić information content (AvgIpc) is 2.74. The van der Waals surface area contributed by atoms with Crippen molar-refractivity contribution in [3.8, 4) is 11.5 Å². The molecule has 0 saturated carbocycles.